The van der Waals surface area contributed by atoms with E-state index in [0.717, 1.165) is 5.69 Å². The second kappa shape index (κ2) is 7.40. The van der Waals surface area contributed by atoms with E-state index in [9.17, 15) is 23.1 Å². The molecule has 1 atom stereocenters. The number of hydrogen-bond donors (Lipinski definition) is 3. The van der Waals surface area contributed by atoms with Crippen LogP contribution in [0.5, 0.6) is 0 Å². The molecule has 0 aromatic heterocycles. The fourth-order valence-corrected chi connectivity index (χ4v) is 3.78. The van der Waals surface area contributed by atoms with Crippen LogP contribution in [0.15, 0.2) is 40.5 Å². The molecule has 5 N–H and O–H groups in total. The highest BCUT2D eigenvalue weighted by Crippen LogP contribution is 2.43. The number of piperidine rings is 1. The number of aliphatic imine (C=N–C) groups is 1. The van der Waals surface area contributed by atoms with Gasteiger partial charge in [-0.2, -0.15) is 23.4 Å². The molecular weight excluding hydrogens is 387 g/mol. The van der Waals surface area contributed by atoms with Gasteiger partial charge in [0.2, 0.25) is 0 Å². The van der Waals surface area contributed by atoms with Gasteiger partial charge in [-0.3, -0.25) is 4.79 Å². The van der Waals surface area contributed by atoms with E-state index in [0.29, 0.717) is 31.5 Å². The maximum atomic E-state index is 13.6. The SMILES string of the molecule is N#Cc1ccc(N2CCC(C(N)=C3C(N)=NC(=O)CC3(O)C(F)(F)F)CC2)cc1. The highest BCUT2D eigenvalue weighted by Gasteiger charge is 2.60. The molecule has 1 fully saturated rings. The predicted molar refractivity (Wildman–Crippen MR) is 99.6 cm³/mol. The van der Waals surface area contributed by atoms with Crippen LogP contribution in [0.4, 0.5) is 18.9 Å². The minimum Gasteiger partial charge on any atom is -0.401 e. The quantitative estimate of drug-likeness (QED) is 0.683. The van der Waals surface area contributed by atoms with Gasteiger partial charge in [0.1, 0.15) is 5.84 Å². The molecule has 2 aliphatic heterocycles. The third-order valence-corrected chi connectivity index (χ3v) is 5.38. The zero-order valence-corrected chi connectivity index (χ0v) is 15.4. The number of nitrogens with two attached hydrogens (primary N) is 2. The first-order valence-electron chi connectivity index (χ1n) is 8.98. The van der Waals surface area contributed by atoms with Crippen LogP contribution in [-0.2, 0) is 4.79 Å². The van der Waals surface area contributed by atoms with Crippen LogP contribution in [0, 0.1) is 17.2 Å². The summed E-state index contributed by atoms with van der Waals surface area (Å²) in [4.78, 5) is 16.9. The van der Waals surface area contributed by atoms with Crippen molar-refractivity contribution in [3.8, 4) is 6.07 Å². The van der Waals surface area contributed by atoms with E-state index < -0.39 is 41.4 Å². The minimum absolute atomic E-state index is 0.182. The van der Waals surface area contributed by atoms with Crippen LogP contribution < -0.4 is 16.4 Å². The molecule has 2 heterocycles. The fourth-order valence-electron chi connectivity index (χ4n) is 3.78. The standard InChI is InChI=1S/C19H20F3N5O2/c20-19(21,22)18(29)9-14(28)26-17(25)15(18)16(24)12-5-7-27(8-6-12)13-3-1-11(10-23)2-4-13/h1-4,12,29H,5-9,24H2,(H2,25,26,28). The number of amidine groups is 1. The van der Waals surface area contributed by atoms with Gasteiger partial charge in [-0.25, -0.2) is 0 Å². The van der Waals surface area contributed by atoms with Crippen molar-refractivity contribution >= 4 is 17.4 Å². The molecule has 0 spiro atoms. The fraction of sp³-hybridized carbons (Fsp3) is 0.421. The van der Waals surface area contributed by atoms with Crippen molar-refractivity contribution in [3.05, 3.63) is 41.1 Å². The summed E-state index contributed by atoms with van der Waals surface area (Å²) in [6.07, 6.45) is -5.49. The summed E-state index contributed by atoms with van der Waals surface area (Å²) in [5.74, 6) is -2.28. The summed E-state index contributed by atoms with van der Waals surface area (Å²) in [6, 6.07) is 9.03. The Labute approximate surface area is 165 Å². The number of rotatable bonds is 2. The molecule has 1 saturated heterocycles. The Morgan fingerprint density at radius 3 is 2.38 bits per heavy atom. The van der Waals surface area contributed by atoms with E-state index in [1.54, 1.807) is 24.3 Å². The first kappa shape index (κ1) is 20.7. The van der Waals surface area contributed by atoms with Crippen molar-refractivity contribution in [2.75, 3.05) is 18.0 Å². The van der Waals surface area contributed by atoms with Gasteiger partial charge in [0.05, 0.1) is 23.6 Å². The van der Waals surface area contributed by atoms with Crippen LogP contribution in [0.2, 0.25) is 0 Å². The van der Waals surface area contributed by atoms with Crippen molar-refractivity contribution < 1.29 is 23.1 Å². The maximum Gasteiger partial charge on any atom is 0.422 e. The Kier molecular flexibility index (Phi) is 5.28. The number of carbonyl (C=O) groups excluding carboxylic acids is 1. The number of halogens is 3. The summed E-state index contributed by atoms with van der Waals surface area (Å²) in [6.45, 7) is 1.04. The van der Waals surface area contributed by atoms with Gasteiger partial charge in [0, 0.05) is 30.4 Å². The number of anilines is 1. The molecule has 29 heavy (non-hydrogen) atoms. The molecule has 0 aliphatic carbocycles. The normalized spacial score (nSPS) is 25.4. The third kappa shape index (κ3) is 3.78. The second-order valence-corrected chi connectivity index (χ2v) is 7.18. The second-order valence-electron chi connectivity index (χ2n) is 7.18. The first-order valence-corrected chi connectivity index (χ1v) is 8.98. The minimum atomic E-state index is -5.12. The average Bonchev–Trinajstić information content (AvgIpc) is 2.66. The molecule has 0 saturated carbocycles. The zero-order valence-electron chi connectivity index (χ0n) is 15.4. The van der Waals surface area contributed by atoms with Gasteiger partial charge in [-0.15, -0.1) is 0 Å². The predicted octanol–water partition coefficient (Wildman–Crippen LogP) is 1.57. The van der Waals surface area contributed by atoms with Crippen LogP contribution in [-0.4, -0.2) is 41.7 Å². The number of aliphatic hydroxyl groups is 1. The van der Waals surface area contributed by atoms with Crippen molar-refractivity contribution in [3.63, 3.8) is 0 Å². The van der Waals surface area contributed by atoms with Crippen LogP contribution in [0.3, 0.4) is 0 Å². The van der Waals surface area contributed by atoms with Gasteiger partial charge < -0.3 is 21.5 Å². The Morgan fingerprint density at radius 1 is 1.28 bits per heavy atom. The Morgan fingerprint density at radius 2 is 1.86 bits per heavy atom. The van der Waals surface area contributed by atoms with Gasteiger partial charge in [0.15, 0.2) is 5.60 Å². The molecule has 0 bridgehead atoms. The van der Waals surface area contributed by atoms with E-state index in [1.807, 2.05) is 11.0 Å². The molecule has 154 valence electrons. The number of amides is 1. The molecule has 1 aromatic carbocycles. The molecule has 3 rings (SSSR count). The van der Waals surface area contributed by atoms with Gasteiger partial charge in [-0.1, -0.05) is 0 Å². The van der Waals surface area contributed by atoms with Crippen molar-refractivity contribution in [1.29, 1.82) is 5.26 Å². The largest absolute Gasteiger partial charge is 0.422 e. The molecule has 2 aliphatic rings. The number of benzene rings is 1. The molecule has 1 amide bonds. The number of alkyl halides is 3. The summed E-state index contributed by atoms with van der Waals surface area (Å²) < 4.78 is 40.7. The summed E-state index contributed by atoms with van der Waals surface area (Å²) in [7, 11) is 0. The van der Waals surface area contributed by atoms with Crippen LogP contribution >= 0.6 is 0 Å². The summed E-state index contributed by atoms with van der Waals surface area (Å²) >= 11 is 0. The molecule has 1 unspecified atom stereocenters. The molecule has 1 aromatic rings. The number of carbonyl (C=O) groups is 1. The smallest absolute Gasteiger partial charge is 0.401 e. The van der Waals surface area contributed by atoms with Gasteiger partial charge in [0.25, 0.3) is 5.91 Å². The van der Waals surface area contributed by atoms with Gasteiger partial charge in [-0.05, 0) is 37.1 Å². The number of nitriles is 1. The molecular formula is C19H20F3N5O2. The highest BCUT2D eigenvalue weighted by molar-refractivity contribution is 6.09. The zero-order chi connectivity index (χ0) is 21.4. The molecule has 0 radical (unpaired) electrons. The van der Waals surface area contributed by atoms with E-state index in [4.69, 9.17) is 16.7 Å². The average molecular weight is 407 g/mol. The lowest BCUT2D eigenvalue weighted by atomic mass is 9.80. The summed E-state index contributed by atoms with van der Waals surface area (Å²) in [5.41, 5.74) is 8.73. The third-order valence-electron chi connectivity index (χ3n) is 5.38. The lowest BCUT2D eigenvalue weighted by molar-refractivity contribution is -0.244. The Hall–Kier alpha value is -3.06. The molecule has 7 nitrogen and oxygen atoms in total. The van der Waals surface area contributed by atoms with E-state index in [1.165, 1.54) is 0 Å². The number of nitrogens with zero attached hydrogens (tertiary/aromatic N) is 3. The topological polar surface area (TPSA) is 129 Å². The highest BCUT2D eigenvalue weighted by atomic mass is 19.4. The van der Waals surface area contributed by atoms with Crippen LogP contribution in [0.1, 0.15) is 24.8 Å². The Bertz CT molecular complexity index is 909. The van der Waals surface area contributed by atoms with Gasteiger partial charge >= 0.3 is 6.18 Å². The Balaban J connectivity index is 1.84. The summed E-state index contributed by atoms with van der Waals surface area (Å²) in [5, 5.41) is 19.2. The molecule has 10 heteroatoms. The van der Waals surface area contributed by atoms with Crippen molar-refractivity contribution in [1.82, 2.24) is 0 Å². The van der Waals surface area contributed by atoms with Crippen molar-refractivity contribution in [2.24, 2.45) is 22.4 Å². The number of hydrogen-bond acceptors (Lipinski definition) is 6. The van der Waals surface area contributed by atoms with Crippen molar-refractivity contribution in [2.45, 2.75) is 31.0 Å². The number of allylic oxidation sites excluding steroid dienone is 1. The first-order chi connectivity index (χ1) is 13.6. The van der Waals surface area contributed by atoms with E-state index >= 15 is 0 Å². The maximum absolute atomic E-state index is 13.6. The lowest BCUT2D eigenvalue weighted by Crippen LogP contribution is -2.55. The lowest BCUT2D eigenvalue weighted by Gasteiger charge is -2.38. The van der Waals surface area contributed by atoms with E-state index in [2.05, 4.69) is 4.99 Å². The van der Waals surface area contributed by atoms with Crippen LogP contribution in [0.25, 0.3) is 0 Å². The monoisotopic (exact) mass is 407 g/mol. The van der Waals surface area contributed by atoms with E-state index in [-0.39, 0.29) is 5.70 Å².